The highest BCUT2D eigenvalue weighted by atomic mass is 127. The average molecular weight is 454 g/mol. The molecular formula is C16H31IN4O3. The molecule has 1 heterocycles. The van der Waals surface area contributed by atoms with E-state index in [0.717, 1.165) is 19.4 Å². The Morgan fingerprint density at radius 1 is 1.33 bits per heavy atom. The first-order valence-electron chi connectivity index (χ1n) is 8.20. The minimum absolute atomic E-state index is 0. The molecule has 2 N–H and O–H groups in total. The monoisotopic (exact) mass is 454 g/mol. The zero-order valence-corrected chi connectivity index (χ0v) is 17.7. The molecular weight excluding hydrogens is 423 g/mol. The van der Waals surface area contributed by atoms with E-state index in [1.165, 1.54) is 0 Å². The van der Waals surface area contributed by atoms with E-state index >= 15 is 0 Å². The maximum Gasteiger partial charge on any atom is 0.310 e. The second kappa shape index (κ2) is 10.7. The summed E-state index contributed by atoms with van der Waals surface area (Å²) in [4.78, 5) is 30.0. The summed E-state index contributed by atoms with van der Waals surface area (Å²) >= 11 is 0. The van der Waals surface area contributed by atoms with Gasteiger partial charge in [0.25, 0.3) is 0 Å². The summed E-state index contributed by atoms with van der Waals surface area (Å²) in [7, 11) is 1.68. The first-order valence-corrected chi connectivity index (χ1v) is 8.20. The molecule has 140 valence electrons. The van der Waals surface area contributed by atoms with Gasteiger partial charge in [0.1, 0.15) is 0 Å². The highest BCUT2D eigenvalue weighted by Gasteiger charge is 2.28. The maximum absolute atomic E-state index is 11.9. The summed E-state index contributed by atoms with van der Waals surface area (Å²) < 4.78 is 5.11. The number of nitrogens with zero attached hydrogens (tertiary/aromatic N) is 2. The third-order valence-corrected chi connectivity index (χ3v) is 3.47. The molecule has 0 spiro atoms. The number of ether oxygens (including phenoxy) is 1. The Balaban J connectivity index is 0.00000529. The van der Waals surface area contributed by atoms with Gasteiger partial charge in [-0.2, -0.15) is 0 Å². The van der Waals surface area contributed by atoms with Crippen LogP contribution in [0.3, 0.4) is 0 Å². The van der Waals surface area contributed by atoms with Crippen LogP contribution >= 0.6 is 24.0 Å². The molecule has 7 nitrogen and oxygen atoms in total. The summed E-state index contributed by atoms with van der Waals surface area (Å²) in [6.07, 6.45) is 1.73. The van der Waals surface area contributed by atoms with Crippen molar-refractivity contribution < 1.29 is 14.3 Å². The smallest absolute Gasteiger partial charge is 0.310 e. The molecule has 0 bridgehead atoms. The van der Waals surface area contributed by atoms with Gasteiger partial charge in [-0.25, -0.2) is 0 Å². The van der Waals surface area contributed by atoms with Crippen LogP contribution in [-0.2, 0) is 14.3 Å². The lowest BCUT2D eigenvalue weighted by Gasteiger charge is -2.34. The fraction of sp³-hybridized carbons (Fsp3) is 0.812. The van der Waals surface area contributed by atoms with Gasteiger partial charge in [-0.1, -0.05) is 0 Å². The van der Waals surface area contributed by atoms with Gasteiger partial charge in [0.05, 0.1) is 19.1 Å². The quantitative estimate of drug-likeness (QED) is 0.290. The van der Waals surface area contributed by atoms with Crippen LogP contribution in [0.1, 0.15) is 40.5 Å². The van der Waals surface area contributed by atoms with Crippen LogP contribution in [0.4, 0.5) is 0 Å². The van der Waals surface area contributed by atoms with Crippen molar-refractivity contribution in [2.45, 2.75) is 46.1 Å². The van der Waals surface area contributed by atoms with E-state index in [-0.39, 0.29) is 53.9 Å². The molecule has 24 heavy (non-hydrogen) atoms. The van der Waals surface area contributed by atoms with Crippen LogP contribution in [0.2, 0.25) is 0 Å². The topological polar surface area (TPSA) is 83.0 Å². The summed E-state index contributed by atoms with van der Waals surface area (Å²) in [5.41, 5.74) is -0.261. The normalized spacial score (nSPS) is 18.5. The van der Waals surface area contributed by atoms with Gasteiger partial charge in [-0.05, 0) is 40.5 Å². The van der Waals surface area contributed by atoms with Crippen molar-refractivity contribution in [2.24, 2.45) is 10.9 Å². The van der Waals surface area contributed by atoms with Gasteiger partial charge in [0, 0.05) is 25.7 Å². The van der Waals surface area contributed by atoms with Crippen LogP contribution in [0.15, 0.2) is 4.99 Å². The highest BCUT2D eigenvalue weighted by Crippen LogP contribution is 2.18. The van der Waals surface area contributed by atoms with E-state index in [2.05, 4.69) is 15.6 Å². The molecule has 0 radical (unpaired) electrons. The number of hydrogen-bond donors (Lipinski definition) is 2. The molecule has 1 atom stereocenters. The van der Waals surface area contributed by atoms with Crippen LogP contribution in [0, 0.1) is 5.92 Å². The number of likely N-dealkylation sites (tertiary alicyclic amines) is 1. The van der Waals surface area contributed by atoms with Gasteiger partial charge < -0.3 is 20.3 Å². The van der Waals surface area contributed by atoms with Gasteiger partial charge in [-0.3, -0.25) is 14.6 Å². The third-order valence-electron chi connectivity index (χ3n) is 3.47. The number of esters is 1. The highest BCUT2D eigenvalue weighted by molar-refractivity contribution is 14.0. The lowest BCUT2D eigenvalue weighted by atomic mass is 9.98. The fourth-order valence-electron chi connectivity index (χ4n) is 2.58. The second-order valence-corrected chi connectivity index (χ2v) is 6.74. The Labute approximate surface area is 162 Å². The summed E-state index contributed by atoms with van der Waals surface area (Å²) in [5.74, 6) is 0.268. The number of hydrogen-bond acceptors (Lipinski definition) is 4. The molecule has 0 saturated carbocycles. The number of halogens is 1. The Hall–Kier alpha value is -1.06. The molecule has 1 fully saturated rings. The number of piperidine rings is 1. The number of guanidine groups is 1. The van der Waals surface area contributed by atoms with E-state index in [0.29, 0.717) is 19.1 Å². The zero-order chi connectivity index (χ0) is 17.5. The molecule has 0 aliphatic carbocycles. The number of aliphatic imine (C=N–C) groups is 1. The average Bonchev–Trinajstić information content (AvgIpc) is 2.46. The fourth-order valence-corrected chi connectivity index (χ4v) is 2.58. The number of carbonyl (C=O) groups excluding carboxylic acids is 2. The number of carbonyl (C=O) groups is 2. The van der Waals surface area contributed by atoms with Gasteiger partial charge in [0.2, 0.25) is 5.91 Å². The predicted octanol–water partition coefficient (Wildman–Crippen LogP) is 1.37. The van der Waals surface area contributed by atoms with E-state index in [1.807, 2.05) is 32.6 Å². The molecule has 0 aromatic carbocycles. The predicted molar refractivity (Wildman–Crippen MR) is 106 cm³/mol. The Morgan fingerprint density at radius 3 is 2.54 bits per heavy atom. The summed E-state index contributed by atoms with van der Waals surface area (Å²) in [6.45, 7) is 9.57. The van der Waals surface area contributed by atoms with Crippen molar-refractivity contribution in [1.82, 2.24) is 15.5 Å². The van der Waals surface area contributed by atoms with Crippen LogP contribution in [-0.4, -0.2) is 61.6 Å². The third kappa shape index (κ3) is 8.16. The summed E-state index contributed by atoms with van der Waals surface area (Å²) in [5, 5.41) is 5.96. The van der Waals surface area contributed by atoms with Crippen LogP contribution in [0.25, 0.3) is 0 Å². The first-order chi connectivity index (χ1) is 10.8. The molecule has 1 aliphatic rings. The lowest BCUT2D eigenvalue weighted by molar-refractivity contribution is -0.149. The van der Waals surface area contributed by atoms with Crippen molar-refractivity contribution in [1.29, 1.82) is 0 Å². The molecule has 1 amide bonds. The van der Waals surface area contributed by atoms with Crippen LogP contribution < -0.4 is 10.6 Å². The molecule has 1 unspecified atom stereocenters. The Bertz CT molecular complexity index is 449. The van der Waals surface area contributed by atoms with Crippen molar-refractivity contribution in [3.63, 3.8) is 0 Å². The summed E-state index contributed by atoms with van der Waals surface area (Å²) in [6, 6.07) is 0. The molecule has 1 aliphatic heterocycles. The molecule has 1 rings (SSSR count). The largest absolute Gasteiger partial charge is 0.466 e. The minimum atomic E-state index is -0.261. The van der Waals surface area contributed by atoms with Crippen molar-refractivity contribution in [3.05, 3.63) is 0 Å². The Morgan fingerprint density at radius 2 is 2.00 bits per heavy atom. The van der Waals surface area contributed by atoms with E-state index < -0.39 is 0 Å². The maximum atomic E-state index is 11.9. The zero-order valence-electron chi connectivity index (χ0n) is 15.3. The molecule has 0 aromatic heterocycles. The molecule has 8 heteroatoms. The van der Waals surface area contributed by atoms with E-state index in [4.69, 9.17) is 4.74 Å². The van der Waals surface area contributed by atoms with E-state index in [1.54, 1.807) is 7.05 Å². The number of amides is 1. The molecule has 1 saturated heterocycles. The van der Waals surface area contributed by atoms with Gasteiger partial charge in [-0.15, -0.1) is 24.0 Å². The molecule has 0 aromatic rings. The standard InChI is InChI=1S/C16H30N4O3.HI/c1-6-23-14(22)12-8-7-9-20(11-12)15(17-5)18-10-13(21)19-16(2,3)4;/h12H,6-11H2,1-5H3,(H,17,18)(H,19,21);1H. The second-order valence-electron chi connectivity index (χ2n) is 6.74. The Kier molecular flexibility index (Phi) is 10.3. The van der Waals surface area contributed by atoms with Crippen molar-refractivity contribution in [3.8, 4) is 0 Å². The van der Waals surface area contributed by atoms with Crippen molar-refractivity contribution in [2.75, 3.05) is 33.3 Å². The number of rotatable bonds is 4. The lowest BCUT2D eigenvalue weighted by Crippen LogP contribution is -2.51. The minimum Gasteiger partial charge on any atom is -0.466 e. The first kappa shape index (κ1) is 22.9. The van der Waals surface area contributed by atoms with E-state index in [9.17, 15) is 9.59 Å². The SMILES string of the molecule is CCOC(=O)C1CCCN(C(=NC)NCC(=O)NC(C)(C)C)C1.I. The number of nitrogens with one attached hydrogen (secondary N) is 2. The van der Waals surface area contributed by atoms with Gasteiger partial charge in [0.15, 0.2) is 5.96 Å². The van der Waals surface area contributed by atoms with Gasteiger partial charge >= 0.3 is 5.97 Å². The van der Waals surface area contributed by atoms with Crippen molar-refractivity contribution >= 4 is 41.8 Å². The van der Waals surface area contributed by atoms with Crippen LogP contribution in [0.5, 0.6) is 0 Å².